The molecular weight excluding hydrogens is 408 g/mol. The van der Waals surface area contributed by atoms with Crippen molar-refractivity contribution in [2.75, 3.05) is 24.5 Å². The van der Waals surface area contributed by atoms with Crippen LogP contribution in [0.2, 0.25) is 0 Å². The van der Waals surface area contributed by atoms with E-state index in [0.29, 0.717) is 35.1 Å². The molecule has 33 heavy (non-hydrogen) atoms. The summed E-state index contributed by atoms with van der Waals surface area (Å²) in [6.07, 6.45) is 12.3. The first-order valence-corrected chi connectivity index (χ1v) is 13.6. The first kappa shape index (κ1) is 24.5. The Bertz CT molecular complexity index is 785. The van der Waals surface area contributed by atoms with Crippen LogP contribution in [0, 0.1) is 23.2 Å². The molecule has 5 nitrogen and oxygen atoms in total. The molecule has 0 N–H and O–H groups in total. The molecule has 0 aromatic carbocycles. The van der Waals surface area contributed by atoms with E-state index in [2.05, 4.69) is 60.5 Å². The van der Waals surface area contributed by atoms with E-state index in [1.807, 2.05) is 0 Å². The van der Waals surface area contributed by atoms with E-state index in [4.69, 9.17) is 0 Å². The van der Waals surface area contributed by atoms with Crippen LogP contribution < -0.4 is 4.90 Å². The highest BCUT2D eigenvalue weighted by Crippen LogP contribution is 2.41. The summed E-state index contributed by atoms with van der Waals surface area (Å²) in [5, 5.41) is 0. The van der Waals surface area contributed by atoms with E-state index in [0.717, 1.165) is 56.3 Å². The van der Waals surface area contributed by atoms with Gasteiger partial charge in [-0.25, -0.2) is 9.97 Å². The summed E-state index contributed by atoms with van der Waals surface area (Å²) in [7, 11) is 0. The average molecular weight is 455 g/mol. The quantitative estimate of drug-likeness (QED) is 0.543. The van der Waals surface area contributed by atoms with Crippen LogP contribution in [-0.2, 0) is 4.79 Å². The molecule has 1 aromatic rings. The maximum Gasteiger partial charge on any atom is 0.222 e. The topological polar surface area (TPSA) is 49.3 Å². The van der Waals surface area contributed by atoms with Crippen molar-refractivity contribution in [1.82, 2.24) is 14.9 Å². The maximum absolute atomic E-state index is 13.1. The fraction of sp³-hybridized carbons (Fsp3) is 0.821. The van der Waals surface area contributed by atoms with Crippen LogP contribution in [0.25, 0.3) is 0 Å². The number of hydrogen-bond donors (Lipinski definition) is 0. The molecule has 4 rings (SSSR count). The molecule has 3 heterocycles. The lowest BCUT2D eigenvalue weighted by molar-refractivity contribution is -0.134. The highest BCUT2D eigenvalue weighted by Gasteiger charge is 2.36. The van der Waals surface area contributed by atoms with E-state index < -0.39 is 0 Å². The van der Waals surface area contributed by atoms with Crippen LogP contribution in [0.15, 0.2) is 12.4 Å². The molecule has 1 saturated carbocycles. The highest BCUT2D eigenvalue weighted by atomic mass is 16.2. The third kappa shape index (κ3) is 5.89. The number of nitrogens with zero attached hydrogens (tertiary/aromatic N) is 4. The molecule has 0 bridgehead atoms. The smallest absolute Gasteiger partial charge is 0.222 e. The molecule has 184 valence electrons. The van der Waals surface area contributed by atoms with Crippen molar-refractivity contribution in [3.05, 3.63) is 18.1 Å². The van der Waals surface area contributed by atoms with Gasteiger partial charge < -0.3 is 9.80 Å². The lowest BCUT2D eigenvalue weighted by Gasteiger charge is -2.40. The van der Waals surface area contributed by atoms with Crippen molar-refractivity contribution in [2.24, 2.45) is 23.2 Å². The minimum atomic E-state index is 0.410. The van der Waals surface area contributed by atoms with Crippen molar-refractivity contribution in [3.8, 4) is 0 Å². The van der Waals surface area contributed by atoms with E-state index in [1.165, 1.54) is 38.5 Å². The van der Waals surface area contributed by atoms with Crippen molar-refractivity contribution < 1.29 is 4.79 Å². The second kappa shape index (κ2) is 10.3. The van der Waals surface area contributed by atoms with Gasteiger partial charge in [-0.3, -0.25) is 4.79 Å². The van der Waals surface area contributed by atoms with E-state index in [-0.39, 0.29) is 0 Å². The zero-order valence-corrected chi connectivity index (χ0v) is 21.7. The number of anilines is 1. The van der Waals surface area contributed by atoms with Gasteiger partial charge in [0, 0.05) is 43.9 Å². The summed E-state index contributed by atoms with van der Waals surface area (Å²) in [5.41, 5.74) is 1.54. The summed E-state index contributed by atoms with van der Waals surface area (Å²) in [4.78, 5) is 26.9. The van der Waals surface area contributed by atoms with Gasteiger partial charge in [-0.2, -0.15) is 0 Å². The van der Waals surface area contributed by atoms with E-state index >= 15 is 0 Å². The van der Waals surface area contributed by atoms with Crippen molar-refractivity contribution in [3.63, 3.8) is 0 Å². The number of hydrogen-bond acceptors (Lipinski definition) is 4. The van der Waals surface area contributed by atoms with Gasteiger partial charge in [0.2, 0.25) is 5.91 Å². The Morgan fingerprint density at radius 1 is 1.00 bits per heavy atom. The van der Waals surface area contributed by atoms with Crippen LogP contribution in [0.3, 0.4) is 0 Å². The number of carbonyl (C=O) groups is 1. The van der Waals surface area contributed by atoms with Crippen molar-refractivity contribution in [2.45, 2.75) is 104 Å². The molecule has 1 aromatic heterocycles. The second-order valence-electron chi connectivity index (χ2n) is 12.4. The second-order valence-corrected chi connectivity index (χ2v) is 12.4. The lowest BCUT2D eigenvalue weighted by Crippen LogP contribution is -2.45. The Labute approximate surface area is 201 Å². The molecule has 1 atom stereocenters. The van der Waals surface area contributed by atoms with Crippen LogP contribution in [0.5, 0.6) is 0 Å². The highest BCUT2D eigenvalue weighted by molar-refractivity contribution is 5.76. The first-order valence-electron chi connectivity index (χ1n) is 13.6. The molecule has 3 aliphatic rings. The van der Waals surface area contributed by atoms with Crippen LogP contribution >= 0.6 is 0 Å². The summed E-state index contributed by atoms with van der Waals surface area (Å²) >= 11 is 0. The molecular formula is C28H46N4O. The van der Waals surface area contributed by atoms with Gasteiger partial charge in [0.05, 0.1) is 0 Å². The summed E-state index contributed by atoms with van der Waals surface area (Å²) in [5.74, 6) is 4.02. The predicted octanol–water partition coefficient (Wildman–Crippen LogP) is 6.05. The number of likely N-dealkylation sites (tertiary alicyclic amines) is 1. The van der Waals surface area contributed by atoms with E-state index in [9.17, 15) is 4.79 Å². The molecule has 1 aliphatic carbocycles. The molecule has 1 amide bonds. The Hall–Kier alpha value is -1.65. The van der Waals surface area contributed by atoms with E-state index in [1.54, 1.807) is 6.33 Å². The normalized spacial score (nSPS) is 27.4. The average Bonchev–Trinajstić information content (AvgIpc) is 3.29. The lowest BCUT2D eigenvalue weighted by atomic mass is 9.69. The number of rotatable bonds is 5. The molecule has 0 spiro atoms. The molecule has 1 unspecified atom stereocenters. The Balaban J connectivity index is 1.27. The first-order chi connectivity index (χ1) is 15.7. The number of piperidine rings is 1. The minimum absolute atomic E-state index is 0.410. The summed E-state index contributed by atoms with van der Waals surface area (Å²) in [6, 6.07) is 2.75. The Kier molecular flexibility index (Phi) is 7.65. The molecule has 2 aliphatic heterocycles. The monoisotopic (exact) mass is 454 g/mol. The zero-order valence-electron chi connectivity index (χ0n) is 21.7. The number of aromatic nitrogens is 2. The van der Waals surface area contributed by atoms with Crippen molar-refractivity contribution in [1.29, 1.82) is 0 Å². The molecule has 3 fully saturated rings. The third-order valence-corrected chi connectivity index (χ3v) is 8.83. The fourth-order valence-corrected chi connectivity index (χ4v) is 6.54. The zero-order chi connectivity index (χ0) is 23.6. The Morgan fingerprint density at radius 3 is 2.33 bits per heavy atom. The van der Waals surface area contributed by atoms with Gasteiger partial charge in [-0.1, -0.05) is 34.6 Å². The van der Waals surface area contributed by atoms with Gasteiger partial charge >= 0.3 is 0 Å². The van der Waals surface area contributed by atoms with Gasteiger partial charge in [-0.05, 0) is 80.5 Å². The number of carbonyl (C=O) groups excluding carboxylic acids is 1. The SMILES string of the molecule is CC(C)c1cc(N2CCCC2C2CCN(C(=O)CC3CCC(C(C)(C)C)CC3)CC2)ncn1. The van der Waals surface area contributed by atoms with Crippen LogP contribution in [0.1, 0.15) is 104 Å². The fourth-order valence-electron chi connectivity index (χ4n) is 6.54. The van der Waals surface area contributed by atoms with Gasteiger partial charge in [0.1, 0.15) is 12.1 Å². The van der Waals surface area contributed by atoms with Crippen molar-refractivity contribution >= 4 is 11.7 Å². The number of amides is 1. The largest absolute Gasteiger partial charge is 0.353 e. The van der Waals surface area contributed by atoms with Crippen LogP contribution in [0.4, 0.5) is 5.82 Å². The summed E-state index contributed by atoms with van der Waals surface area (Å²) in [6.45, 7) is 14.5. The van der Waals surface area contributed by atoms with Gasteiger partial charge in [0.25, 0.3) is 0 Å². The predicted molar refractivity (Wildman–Crippen MR) is 135 cm³/mol. The molecule has 5 heteroatoms. The molecule has 2 saturated heterocycles. The van der Waals surface area contributed by atoms with Gasteiger partial charge in [0.15, 0.2) is 0 Å². The van der Waals surface area contributed by atoms with Gasteiger partial charge in [-0.15, -0.1) is 0 Å². The third-order valence-electron chi connectivity index (χ3n) is 8.83. The maximum atomic E-state index is 13.1. The Morgan fingerprint density at radius 2 is 1.70 bits per heavy atom. The summed E-state index contributed by atoms with van der Waals surface area (Å²) < 4.78 is 0. The minimum Gasteiger partial charge on any atom is -0.353 e. The molecule has 0 radical (unpaired) electrons. The standard InChI is InChI=1S/C28H46N4O/c1-20(2)24-18-26(30-19-29-24)32-14-6-7-25(32)22-12-15-31(16-13-22)27(33)17-21-8-10-23(11-9-21)28(3,4)5/h18-23,25H,6-17H2,1-5H3. The van der Waals surface area contributed by atoms with Crippen LogP contribution in [-0.4, -0.2) is 46.5 Å².